The Hall–Kier alpha value is -10.1. The largest absolute Gasteiger partial charge is 0.460 e. The summed E-state index contributed by atoms with van der Waals surface area (Å²) in [7, 11) is 6.17. The van der Waals surface area contributed by atoms with Crippen molar-refractivity contribution in [1.82, 2.24) is 64.7 Å². The Kier molecular flexibility index (Phi) is 34.8. The normalized spacial score (nSPS) is 28.5. The Morgan fingerprint density at radius 2 is 1.45 bits per heavy atom. The molecule has 7 N–H and O–H groups in total. The molecule has 2 bridgehead atoms. The van der Waals surface area contributed by atoms with Crippen molar-refractivity contribution in [2.24, 2.45) is 35.5 Å². The number of aliphatic hydroxyl groups is 2. The second-order valence-corrected chi connectivity index (χ2v) is 35.4. The number of rotatable bonds is 26. The highest BCUT2D eigenvalue weighted by molar-refractivity contribution is 6.39. The number of ether oxygens (including phenoxy) is 8. The summed E-state index contributed by atoms with van der Waals surface area (Å²) < 4.78 is 56.2. The van der Waals surface area contributed by atoms with Gasteiger partial charge in [-0.25, -0.2) is 39.4 Å². The highest BCUT2D eigenvalue weighted by Crippen LogP contribution is 2.40. The number of aryl methyl sites for hydroxylation is 2. The number of allylic oxidation sites excluding steroid dienone is 5. The van der Waals surface area contributed by atoms with Gasteiger partial charge in [0.05, 0.1) is 55.0 Å². The molecule has 1 aromatic carbocycles. The van der Waals surface area contributed by atoms with Crippen LogP contribution < -0.4 is 26.6 Å². The zero-order valence-electron chi connectivity index (χ0n) is 76.0. The van der Waals surface area contributed by atoms with Crippen molar-refractivity contribution in [2.45, 2.75) is 225 Å². The van der Waals surface area contributed by atoms with Gasteiger partial charge in [0.2, 0.25) is 23.6 Å². The molecule has 4 saturated heterocycles. The third-order valence-corrected chi connectivity index (χ3v) is 26.3. The van der Waals surface area contributed by atoms with Crippen molar-refractivity contribution in [1.29, 1.82) is 0 Å². The summed E-state index contributed by atoms with van der Waals surface area (Å²) in [6, 6.07) is 4.41. The van der Waals surface area contributed by atoms with E-state index in [1.165, 1.54) is 18.3 Å². The number of nitrogens with two attached hydrogens (primary N) is 2. The molecular formula is C93H131N17O18. The number of aromatic nitrogens is 9. The quantitative estimate of drug-likeness (QED) is 0.0147. The smallest absolute Gasteiger partial charge is 0.329 e. The SMILES string of the molecule is CO[C@H]1C[C@@H]2CC[C@@H](C)[C@@](O)(O2)C(=O)C(=O)N2CCCC[C@H]2C(=O)O[C@H]([C@H](C)C[C@@H]2CC[C@@H](OC(=O)CCc3cnc(N4CCN(C(=O)CCOCCN5CCN(c6ncc(C(=O)NCCCCn7nc(-c8ccc9oc(N)nc9c8)c8c(N)ncnc87)cn6)CC5)CC4)nc3)[C@H](OC)C2)C[C@@H](OC)[C@H](C)/C=C(\C)[C@@H](O)[C@@H](OC)C(=O)[C@H](C)C[C@H](C)/C=C/C=C/C=C/1C. The first-order valence-corrected chi connectivity index (χ1v) is 45.4. The number of carbonyl (C=O) groups is 7. The number of cyclic esters (lactones) is 1. The molecule has 0 radical (unpaired) electrons. The molecule has 696 valence electrons. The monoisotopic (exact) mass is 1770 g/mol. The van der Waals surface area contributed by atoms with E-state index in [9.17, 15) is 43.8 Å². The van der Waals surface area contributed by atoms with Crippen LogP contribution in [0.25, 0.3) is 33.4 Å². The van der Waals surface area contributed by atoms with Crippen molar-refractivity contribution in [3.63, 3.8) is 0 Å². The van der Waals surface area contributed by atoms with Crippen LogP contribution in [-0.4, -0.2) is 285 Å². The van der Waals surface area contributed by atoms with Gasteiger partial charge in [0.1, 0.15) is 53.8 Å². The van der Waals surface area contributed by atoms with Gasteiger partial charge >= 0.3 is 11.9 Å². The van der Waals surface area contributed by atoms with E-state index in [-0.39, 0.29) is 79.6 Å². The number of carbonyl (C=O) groups excluding carboxylic acids is 7. The molecule has 35 nitrogen and oxygen atoms in total. The van der Waals surface area contributed by atoms with Crippen molar-refractivity contribution in [3.05, 3.63) is 108 Å². The van der Waals surface area contributed by atoms with Gasteiger partial charge < -0.3 is 88.9 Å². The van der Waals surface area contributed by atoms with Crippen LogP contribution >= 0.6 is 0 Å². The maximum absolute atomic E-state index is 15.0. The Bertz CT molecular complexity index is 4850. The van der Waals surface area contributed by atoms with E-state index in [4.69, 9.17) is 58.9 Å². The van der Waals surface area contributed by atoms with Gasteiger partial charge in [0.25, 0.3) is 23.6 Å². The number of fused-ring (bicyclic) bond motifs is 5. The van der Waals surface area contributed by atoms with Crippen molar-refractivity contribution < 1.29 is 86.1 Å². The second kappa shape index (κ2) is 45.9. The molecule has 12 rings (SSSR count). The number of nitrogens with zero attached hydrogens (tertiary/aromatic N) is 14. The van der Waals surface area contributed by atoms with Gasteiger partial charge in [-0.05, 0) is 150 Å². The lowest BCUT2D eigenvalue weighted by molar-refractivity contribution is -0.265. The maximum Gasteiger partial charge on any atom is 0.329 e. The molecule has 16 atom stereocenters. The van der Waals surface area contributed by atoms with Crippen LogP contribution in [-0.2, 0) is 79.6 Å². The number of anilines is 4. The molecule has 5 aromatic heterocycles. The number of piperidine rings is 1. The van der Waals surface area contributed by atoms with Crippen molar-refractivity contribution in [3.8, 4) is 11.3 Å². The number of oxazole rings is 1. The van der Waals surface area contributed by atoms with Gasteiger partial charge in [0, 0.05) is 174 Å². The number of aliphatic hydroxyl groups excluding tert-OH is 1. The minimum atomic E-state index is -2.46. The first-order valence-electron chi connectivity index (χ1n) is 45.4. The molecule has 35 heteroatoms. The molecule has 3 amide bonds. The van der Waals surface area contributed by atoms with Gasteiger partial charge in [-0.2, -0.15) is 10.1 Å². The molecular weight excluding hydrogens is 1640 g/mol. The van der Waals surface area contributed by atoms with Crippen LogP contribution in [0, 0.1) is 35.5 Å². The van der Waals surface area contributed by atoms with Crippen molar-refractivity contribution in [2.75, 3.05) is 135 Å². The van der Waals surface area contributed by atoms with Crippen LogP contribution in [0.2, 0.25) is 0 Å². The fourth-order valence-corrected chi connectivity index (χ4v) is 18.5. The van der Waals surface area contributed by atoms with Crippen molar-refractivity contribution >= 4 is 87.1 Å². The first-order chi connectivity index (χ1) is 61.6. The molecule has 1 aliphatic carbocycles. The minimum absolute atomic E-state index is 0.00526. The van der Waals surface area contributed by atoms with Gasteiger partial charge in [-0.3, -0.25) is 33.7 Å². The van der Waals surface area contributed by atoms with Crippen LogP contribution in [0.4, 0.5) is 23.7 Å². The lowest BCUT2D eigenvalue weighted by atomic mass is 9.78. The number of amides is 3. The number of hydrogen-bond donors (Lipinski definition) is 5. The first kappa shape index (κ1) is 97.0. The van der Waals surface area contributed by atoms with Crippen LogP contribution in [0.15, 0.2) is 101 Å². The van der Waals surface area contributed by atoms with Crippen LogP contribution in [0.1, 0.15) is 167 Å². The second-order valence-electron chi connectivity index (χ2n) is 35.4. The van der Waals surface area contributed by atoms with Gasteiger partial charge in [-0.1, -0.05) is 71.1 Å². The maximum atomic E-state index is 15.0. The summed E-state index contributed by atoms with van der Waals surface area (Å²) in [4.78, 5) is 139. The van der Waals surface area contributed by atoms with E-state index in [2.05, 4.69) is 50.0 Å². The summed E-state index contributed by atoms with van der Waals surface area (Å²) in [5, 5.41) is 32.5. The summed E-state index contributed by atoms with van der Waals surface area (Å²) in [5.74, 6) is -6.58. The minimum Gasteiger partial charge on any atom is -0.460 e. The summed E-state index contributed by atoms with van der Waals surface area (Å²) in [6.45, 7) is 20.8. The zero-order valence-corrected chi connectivity index (χ0v) is 76.0. The Morgan fingerprint density at radius 1 is 0.727 bits per heavy atom. The van der Waals surface area contributed by atoms with E-state index in [1.807, 2.05) is 93.0 Å². The average molecular weight is 1780 g/mol. The zero-order chi connectivity index (χ0) is 91.3. The number of nitrogen functional groups attached to an aromatic ring is 2. The lowest BCUT2D eigenvalue weighted by Crippen LogP contribution is -2.61. The van der Waals surface area contributed by atoms with E-state index in [1.54, 1.807) is 70.7 Å². The molecule has 6 aromatic rings. The average Bonchev–Trinajstić information content (AvgIpc) is 1.65. The number of piperazine rings is 2. The number of unbranched alkanes of at least 4 members (excludes halogenated alkanes) is 1. The third-order valence-electron chi connectivity index (χ3n) is 26.3. The van der Waals surface area contributed by atoms with Crippen LogP contribution in [0.3, 0.4) is 0 Å². The van der Waals surface area contributed by atoms with Gasteiger partial charge in [0.15, 0.2) is 17.0 Å². The molecule has 5 aliphatic heterocycles. The number of esters is 2. The molecule has 10 heterocycles. The number of ketones is 2. The lowest BCUT2D eigenvalue weighted by Gasteiger charge is -2.43. The highest BCUT2D eigenvalue weighted by Gasteiger charge is 2.53. The van der Waals surface area contributed by atoms with E-state index >= 15 is 0 Å². The van der Waals surface area contributed by atoms with Crippen LogP contribution in [0.5, 0.6) is 0 Å². The molecule has 128 heavy (non-hydrogen) atoms. The highest BCUT2D eigenvalue weighted by atomic mass is 16.6. The molecule has 1 saturated carbocycles. The Balaban J connectivity index is 0.561. The molecule has 0 spiro atoms. The number of methoxy groups -OCH3 is 4. The topological polar surface area (TPSA) is 435 Å². The summed E-state index contributed by atoms with van der Waals surface area (Å²) in [5.41, 5.74) is 17.8. The fourth-order valence-electron chi connectivity index (χ4n) is 18.5. The number of Topliss-reactive ketones (excluding diaryl/α,β-unsaturated/α-hetero) is 2. The molecule has 0 unspecified atom stereocenters. The van der Waals surface area contributed by atoms with Gasteiger partial charge in [-0.15, -0.1) is 0 Å². The predicted molar refractivity (Wildman–Crippen MR) is 479 cm³/mol. The fraction of sp³-hybridized carbons (Fsp3) is 0.624. The Labute approximate surface area is 748 Å². The molecule has 6 aliphatic rings. The third kappa shape index (κ3) is 24.9. The van der Waals surface area contributed by atoms with E-state index in [0.717, 1.165) is 29.8 Å². The molecule has 5 fully saturated rings. The standard InChI is InChI=1S/C93H131N17O18/c1-57-19-13-12-14-20-58(2)73(120-8)50-68-26-22-63(7)93(119,128-68)84(115)88(117)109-32-17-15-21-70(109)89(118)126-75(51-74(121-9)59(3)46-62(6)82(114)83(123-11)81(113)61(5)45-57)60(4)47-64-23-27-72(76(48-64)122-10)125-78(112)29-24-65-52-97-91(98-53-65)108-40-38-106(39-41-108)77(111)30-43-124-44-42-105-34-36-107(37-35-105)92-99-54-67(55-100-92)87(116)96-31-16-18-33-110-86-79(85(94)101-56-102-86)80(104-110)66-25-28-71-69(49-66)103-90(95)127-71/h12-14,19-20,25,28,46,49,52-57,59-61,63-64,68,70,72-76,82-83,114,119H,15-18,21-24,26-27,29-45,47-48,50-51H2,1-11H3,(H2,95,103)(H,96,116)(H2,94,101,102)/b14-12+,19-13+,58-20+,62-46+/t57-,59-,60-,61-,63-,64+,68+,70+,72-,73+,74-,75+,76-,82-,83+,93-/m1/s1. The van der Waals surface area contributed by atoms with E-state index in [0.29, 0.717) is 212 Å². The number of nitrogens with one attached hydrogen (secondary N) is 1. The van der Waals surface area contributed by atoms with E-state index < -0.39 is 96.1 Å². The summed E-state index contributed by atoms with van der Waals surface area (Å²) >= 11 is 0. The predicted octanol–water partition coefficient (Wildman–Crippen LogP) is 8.59. The Morgan fingerprint density at radius 3 is 2.17 bits per heavy atom. The number of benzene rings is 1. The summed E-state index contributed by atoms with van der Waals surface area (Å²) in [6.07, 6.45) is 21.2. The number of hydrogen-bond acceptors (Lipinski definition) is 31.